The predicted molar refractivity (Wildman–Crippen MR) is 47.7 cm³/mol. The molecule has 0 aliphatic heterocycles. The van der Waals surface area contributed by atoms with Gasteiger partial charge in [-0.05, 0) is 25.1 Å². The first-order valence-corrected chi connectivity index (χ1v) is 4.14. The van der Waals surface area contributed by atoms with Gasteiger partial charge in [-0.2, -0.15) is 0 Å². The first-order chi connectivity index (χ1) is 5.75. The number of rotatable bonds is 3. The van der Waals surface area contributed by atoms with Crippen LogP contribution in [-0.2, 0) is 0 Å². The van der Waals surface area contributed by atoms with E-state index in [9.17, 15) is 4.79 Å². The first kappa shape index (κ1) is 9.02. The second-order valence-electron chi connectivity index (χ2n) is 2.04. The van der Waals surface area contributed by atoms with E-state index in [-0.39, 0.29) is 0 Å². The Kier molecular flexibility index (Phi) is 3.07. The maximum atomic E-state index is 10.8. The van der Waals surface area contributed by atoms with Gasteiger partial charge in [-0.1, -0.05) is 0 Å². The Morgan fingerprint density at radius 2 is 2.50 bits per heavy atom. The number of hydrogen-bond donors (Lipinski definition) is 2. The third-order valence-corrected chi connectivity index (χ3v) is 2.01. The van der Waals surface area contributed by atoms with Crippen molar-refractivity contribution in [2.24, 2.45) is 5.73 Å². The molecule has 1 rings (SSSR count). The van der Waals surface area contributed by atoms with E-state index in [0.29, 0.717) is 5.56 Å². The maximum Gasteiger partial charge on any atom is 0.249 e. The molecular formula is C7H9N3OS. The van der Waals surface area contributed by atoms with Crippen LogP contribution in [0.2, 0.25) is 0 Å². The number of nitrogens with zero attached hydrogens (tertiary/aromatic N) is 1. The lowest BCUT2D eigenvalue weighted by Crippen LogP contribution is -2.13. The zero-order valence-corrected chi connectivity index (χ0v) is 7.39. The third-order valence-electron chi connectivity index (χ3n) is 1.26. The van der Waals surface area contributed by atoms with Gasteiger partial charge >= 0.3 is 0 Å². The fourth-order valence-electron chi connectivity index (χ4n) is 0.775. The van der Waals surface area contributed by atoms with Crippen LogP contribution in [0.25, 0.3) is 0 Å². The van der Waals surface area contributed by atoms with Crippen LogP contribution in [0, 0.1) is 0 Å². The van der Waals surface area contributed by atoms with E-state index in [1.165, 1.54) is 11.9 Å². The van der Waals surface area contributed by atoms with E-state index < -0.39 is 5.91 Å². The van der Waals surface area contributed by atoms with Gasteiger partial charge in [-0.25, -0.2) is 0 Å². The second kappa shape index (κ2) is 4.08. The highest BCUT2D eigenvalue weighted by molar-refractivity contribution is 7.97. The number of primary amides is 1. The number of amides is 1. The number of carbonyl (C=O) groups is 1. The average molecular weight is 183 g/mol. The molecule has 0 bridgehead atoms. The monoisotopic (exact) mass is 183 g/mol. The summed E-state index contributed by atoms with van der Waals surface area (Å²) < 4.78 is 2.85. The second-order valence-corrected chi connectivity index (χ2v) is 3.09. The summed E-state index contributed by atoms with van der Waals surface area (Å²) in [5, 5.41) is 0. The number of nitrogens with two attached hydrogens (primary N) is 1. The van der Waals surface area contributed by atoms with Crippen molar-refractivity contribution in [2.45, 2.75) is 4.90 Å². The largest absolute Gasteiger partial charge is 0.366 e. The van der Waals surface area contributed by atoms with Crippen molar-refractivity contribution in [1.82, 2.24) is 9.71 Å². The highest BCUT2D eigenvalue weighted by atomic mass is 32.2. The van der Waals surface area contributed by atoms with Gasteiger partial charge in [-0.3, -0.25) is 14.5 Å². The molecule has 0 atom stereocenters. The molecule has 1 aromatic rings. The Bertz CT molecular complexity index is 290. The Balaban J connectivity index is 3.00. The first-order valence-electron chi connectivity index (χ1n) is 3.33. The van der Waals surface area contributed by atoms with E-state index in [0.717, 1.165) is 4.90 Å². The number of pyridine rings is 1. The van der Waals surface area contributed by atoms with Crippen LogP contribution in [0.3, 0.4) is 0 Å². The highest BCUT2D eigenvalue weighted by Crippen LogP contribution is 2.17. The number of nitrogens with one attached hydrogen (secondary N) is 1. The van der Waals surface area contributed by atoms with Crippen molar-refractivity contribution in [3.63, 3.8) is 0 Å². The Labute approximate surface area is 74.7 Å². The Morgan fingerprint density at radius 1 is 1.75 bits per heavy atom. The minimum atomic E-state index is -0.435. The summed E-state index contributed by atoms with van der Waals surface area (Å²) in [6, 6.07) is 1.60. The molecule has 3 N–H and O–H groups in total. The smallest absolute Gasteiger partial charge is 0.249 e. The molecule has 0 aromatic carbocycles. The van der Waals surface area contributed by atoms with Crippen LogP contribution in [0.15, 0.2) is 23.4 Å². The van der Waals surface area contributed by atoms with E-state index in [1.54, 1.807) is 25.5 Å². The summed E-state index contributed by atoms with van der Waals surface area (Å²) in [7, 11) is 1.77. The van der Waals surface area contributed by atoms with Crippen molar-refractivity contribution in [1.29, 1.82) is 0 Å². The lowest BCUT2D eigenvalue weighted by Gasteiger charge is -2.02. The molecule has 1 aromatic heterocycles. The minimum absolute atomic E-state index is 0.435. The van der Waals surface area contributed by atoms with Crippen molar-refractivity contribution in [3.05, 3.63) is 24.0 Å². The summed E-state index contributed by atoms with van der Waals surface area (Å²) in [4.78, 5) is 15.5. The normalized spacial score (nSPS) is 9.75. The van der Waals surface area contributed by atoms with Gasteiger partial charge < -0.3 is 5.73 Å². The molecule has 0 spiro atoms. The number of hydrogen-bond acceptors (Lipinski definition) is 4. The Morgan fingerprint density at radius 3 is 3.08 bits per heavy atom. The highest BCUT2D eigenvalue weighted by Gasteiger charge is 2.06. The summed E-state index contributed by atoms with van der Waals surface area (Å²) in [6.07, 6.45) is 3.14. The fraction of sp³-hybridized carbons (Fsp3) is 0.143. The van der Waals surface area contributed by atoms with Crippen LogP contribution in [0.5, 0.6) is 0 Å². The number of carbonyl (C=O) groups excluding carboxylic acids is 1. The van der Waals surface area contributed by atoms with Gasteiger partial charge in [0.15, 0.2) is 0 Å². The van der Waals surface area contributed by atoms with E-state index in [2.05, 4.69) is 9.71 Å². The molecule has 0 radical (unpaired) electrons. The molecule has 0 aliphatic rings. The fourth-order valence-corrected chi connectivity index (χ4v) is 1.39. The standard InChI is InChI=1S/C7H9N3OS/c1-9-12-6-4-10-3-2-5(6)7(8)11/h2-4,9H,1H3,(H2,8,11). The van der Waals surface area contributed by atoms with Crippen LogP contribution in [0.4, 0.5) is 0 Å². The molecule has 1 heterocycles. The predicted octanol–water partition coefficient (Wildman–Crippen LogP) is 0.407. The molecule has 5 heteroatoms. The van der Waals surface area contributed by atoms with E-state index in [1.807, 2.05) is 0 Å². The molecule has 12 heavy (non-hydrogen) atoms. The van der Waals surface area contributed by atoms with Gasteiger partial charge in [-0.15, -0.1) is 0 Å². The summed E-state index contributed by atoms with van der Waals surface area (Å²) >= 11 is 1.32. The van der Waals surface area contributed by atoms with Gasteiger partial charge in [0.05, 0.1) is 10.5 Å². The average Bonchev–Trinajstić information content (AvgIpc) is 2.05. The SMILES string of the molecule is CNSc1cnccc1C(N)=O. The van der Waals surface area contributed by atoms with Gasteiger partial charge in [0, 0.05) is 12.4 Å². The van der Waals surface area contributed by atoms with Gasteiger partial charge in [0.25, 0.3) is 0 Å². The minimum Gasteiger partial charge on any atom is -0.366 e. The molecule has 0 unspecified atom stereocenters. The molecule has 1 amide bonds. The summed E-state index contributed by atoms with van der Waals surface area (Å²) in [6.45, 7) is 0. The molecule has 0 aliphatic carbocycles. The van der Waals surface area contributed by atoms with Crippen LogP contribution in [0.1, 0.15) is 10.4 Å². The molecular weight excluding hydrogens is 174 g/mol. The molecule has 0 fully saturated rings. The van der Waals surface area contributed by atoms with Gasteiger partial charge in [0.1, 0.15) is 0 Å². The zero-order valence-electron chi connectivity index (χ0n) is 6.57. The maximum absolute atomic E-state index is 10.8. The van der Waals surface area contributed by atoms with Crippen molar-refractivity contribution >= 4 is 17.9 Å². The molecule has 4 nitrogen and oxygen atoms in total. The zero-order chi connectivity index (χ0) is 8.97. The van der Waals surface area contributed by atoms with Crippen LogP contribution < -0.4 is 10.5 Å². The van der Waals surface area contributed by atoms with Crippen molar-refractivity contribution < 1.29 is 4.79 Å². The van der Waals surface area contributed by atoms with E-state index in [4.69, 9.17) is 5.73 Å². The Hall–Kier alpha value is -1.07. The van der Waals surface area contributed by atoms with Crippen molar-refractivity contribution in [3.8, 4) is 0 Å². The third kappa shape index (κ3) is 1.96. The van der Waals surface area contributed by atoms with Crippen molar-refractivity contribution in [2.75, 3.05) is 7.05 Å². The van der Waals surface area contributed by atoms with E-state index >= 15 is 0 Å². The lowest BCUT2D eigenvalue weighted by atomic mass is 10.2. The number of aromatic nitrogens is 1. The summed E-state index contributed by atoms with van der Waals surface area (Å²) in [5.74, 6) is -0.435. The van der Waals surface area contributed by atoms with Crippen LogP contribution in [-0.4, -0.2) is 17.9 Å². The molecule has 0 saturated heterocycles. The van der Waals surface area contributed by atoms with Crippen LogP contribution >= 0.6 is 11.9 Å². The molecule has 64 valence electrons. The lowest BCUT2D eigenvalue weighted by molar-refractivity contribution is 0.0997. The summed E-state index contributed by atoms with van der Waals surface area (Å²) in [5.41, 5.74) is 5.63. The van der Waals surface area contributed by atoms with Gasteiger partial charge in [0.2, 0.25) is 5.91 Å². The quantitative estimate of drug-likeness (QED) is 0.666. The molecule has 0 saturated carbocycles. The topological polar surface area (TPSA) is 68.0 Å².